The maximum absolute atomic E-state index is 14.0. The molecule has 2 heterocycles. The van der Waals surface area contributed by atoms with Crippen LogP contribution in [0.4, 0.5) is 0 Å². The molecule has 2 bridgehead atoms. The van der Waals surface area contributed by atoms with Gasteiger partial charge < -0.3 is 37.4 Å². The average molecular weight is 706 g/mol. The van der Waals surface area contributed by atoms with Crippen LogP contribution in [0.5, 0.6) is 0 Å². The number of nitrogens with zero attached hydrogens (tertiary/aromatic N) is 2. The van der Waals surface area contributed by atoms with E-state index in [-0.39, 0.29) is 36.9 Å². The third-order valence-corrected chi connectivity index (χ3v) is 9.72. The summed E-state index contributed by atoms with van der Waals surface area (Å²) < 4.78 is 0. The highest BCUT2D eigenvalue weighted by molar-refractivity contribution is 5.95. The third-order valence-electron chi connectivity index (χ3n) is 9.72. The van der Waals surface area contributed by atoms with Gasteiger partial charge in [0.25, 0.3) is 0 Å². The second-order valence-electron chi connectivity index (χ2n) is 14.3. The van der Waals surface area contributed by atoms with Crippen LogP contribution in [-0.4, -0.2) is 107 Å². The molecule has 278 valence electrons. The van der Waals surface area contributed by atoms with Gasteiger partial charge in [0, 0.05) is 31.6 Å². The molecule has 0 radical (unpaired) electrons. The Bertz CT molecular complexity index is 1450. The molecule has 2 aliphatic rings. The Morgan fingerprint density at radius 3 is 1.84 bits per heavy atom. The van der Waals surface area contributed by atoms with Gasteiger partial charge in [-0.3, -0.25) is 28.9 Å². The molecule has 8 N–H and O–H groups in total. The number of hydrogen-bond donors (Lipinski definition) is 6. The molecule has 4 rings (SSSR count). The maximum Gasteiger partial charge on any atom is 0.317 e. The van der Waals surface area contributed by atoms with Gasteiger partial charge in [0.1, 0.15) is 18.1 Å². The first-order valence-electron chi connectivity index (χ1n) is 18.2. The van der Waals surface area contributed by atoms with Crippen LogP contribution in [0.15, 0.2) is 60.7 Å². The van der Waals surface area contributed by atoms with Gasteiger partial charge in [-0.2, -0.15) is 0 Å². The molecular weight excluding hydrogens is 650 g/mol. The van der Waals surface area contributed by atoms with E-state index in [0.29, 0.717) is 51.7 Å². The second kappa shape index (κ2) is 19.3. The van der Waals surface area contributed by atoms with E-state index in [9.17, 15) is 29.1 Å². The molecule has 2 aromatic carbocycles. The lowest BCUT2D eigenvalue weighted by Gasteiger charge is -2.41. The van der Waals surface area contributed by atoms with Crippen LogP contribution in [0.2, 0.25) is 0 Å². The molecule has 2 aliphatic heterocycles. The second-order valence-corrected chi connectivity index (χ2v) is 14.3. The van der Waals surface area contributed by atoms with E-state index in [1.165, 1.54) is 0 Å². The monoisotopic (exact) mass is 705 g/mol. The lowest BCUT2D eigenvalue weighted by molar-refractivity contribution is -0.143. The molecule has 0 aliphatic carbocycles. The summed E-state index contributed by atoms with van der Waals surface area (Å²) in [6, 6.07) is 14.9. The Morgan fingerprint density at radius 2 is 1.29 bits per heavy atom. The summed E-state index contributed by atoms with van der Waals surface area (Å²) in [5.74, 6) is -2.59. The fraction of sp³-hybridized carbons (Fsp3) is 0.553. The van der Waals surface area contributed by atoms with Gasteiger partial charge in [-0.15, -0.1) is 0 Å². The summed E-state index contributed by atoms with van der Waals surface area (Å²) >= 11 is 0. The third kappa shape index (κ3) is 11.9. The predicted molar refractivity (Wildman–Crippen MR) is 194 cm³/mol. The molecule has 2 aromatic rings. The minimum absolute atomic E-state index is 0.0202. The molecule has 13 heteroatoms. The first kappa shape index (κ1) is 39.5. The highest BCUT2D eigenvalue weighted by atomic mass is 16.4. The number of unbranched alkanes of at least 4 members (excludes halogenated alkanes) is 1. The molecule has 0 aromatic heterocycles. The molecule has 0 saturated carbocycles. The van der Waals surface area contributed by atoms with Gasteiger partial charge in [0.05, 0.1) is 12.6 Å². The Kier molecular flexibility index (Phi) is 15.0. The van der Waals surface area contributed by atoms with E-state index in [4.69, 9.17) is 11.5 Å². The van der Waals surface area contributed by atoms with Crippen LogP contribution < -0.4 is 27.4 Å². The van der Waals surface area contributed by atoms with Gasteiger partial charge in [-0.1, -0.05) is 74.5 Å². The Labute approximate surface area is 300 Å². The van der Waals surface area contributed by atoms with Crippen molar-refractivity contribution >= 4 is 29.6 Å². The SMILES string of the molecule is CC(C)CC(NC(=O)C(Cc1ccccc1)NC(=O)C(N)Cc1ccccc1)C(=O)NC(CCCCN)C(=O)N1CC2CCC(C1)N2CC(=O)O. The van der Waals surface area contributed by atoms with Gasteiger partial charge in [-0.25, -0.2) is 0 Å². The molecule has 4 amide bonds. The van der Waals surface area contributed by atoms with E-state index in [1.54, 1.807) is 4.90 Å². The van der Waals surface area contributed by atoms with E-state index < -0.39 is 47.9 Å². The maximum atomic E-state index is 14.0. The van der Waals surface area contributed by atoms with Gasteiger partial charge >= 0.3 is 5.97 Å². The molecule has 2 fully saturated rings. The number of aliphatic carboxylic acids is 1. The number of benzene rings is 2. The van der Waals surface area contributed by atoms with E-state index in [1.807, 2.05) is 79.4 Å². The van der Waals surface area contributed by atoms with Gasteiger partial charge in [0.2, 0.25) is 23.6 Å². The zero-order valence-electron chi connectivity index (χ0n) is 29.8. The molecule has 51 heavy (non-hydrogen) atoms. The van der Waals surface area contributed by atoms with Crippen molar-refractivity contribution in [1.82, 2.24) is 25.8 Å². The standard InChI is InChI=1S/C38H55N7O6/c1-25(2)19-32(36(49)41-31(15-9-10-18-39)38(51)44-22-28-16-17-29(23-44)45(28)24-34(46)47)43-37(50)33(21-27-13-7-4-8-14-27)42-35(48)30(40)20-26-11-5-3-6-12-26/h3-8,11-14,25,28-33H,9-10,15-24,39-40H2,1-2H3,(H,41,49)(H,42,48)(H,43,50)(H,46,47). The minimum atomic E-state index is -1.01. The number of rotatable bonds is 19. The van der Waals surface area contributed by atoms with Crippen molar-refractivity contribution in [1.29, 1.82) is 0 Å². The van der Waals surface area contributed by atoms with Crippen LogP contribution in [-0.2, 0) is 36.8 Å². The van der Waals surface area contributed by atoms with Crippen molar-refractivity contribution in [3.8, 4) is 0 Å². The number of piperazine rings is 1. The molecule has 2 saturated heterocycles. The first-order chi connectivity index (χ1) is 24.4. The lowest BCUT2D eigenvalue weighted by Crippen LogP contribution is -2.61. The van der Waals surface area contributed by atoms with Gasteiger partial charge in [-0.05, 0) is 68.5 Å². The first-order valence-corrected chi connectivity index (χ1v) is 18.2. The number of nitrogens with one attached hydrogen (secondary N) is 3. The summed E-state index contributed by atoms with van der Waals surface area (Å²) in [6.45, 7) is 5.05. The summed E-state index contributed by atoms with van der Waals surface area (Å²) in [4.78, 5) is 70.3. The number of carboxylic acids is 1. The molecule has 6 atom stereocenters. The fourth-order valence-electron chi connectivity index (χ4n) is 7.10. The number of nitrogens with two attached hydrogens (primary N) is 2. The number of likely N-dealkylation sites (tertiary alicyclic amines) is 1. The molecule has 6 unspecified atom stereocenters. The highest BCUT2D eigenvalue weighted by Crippen LogP contribution is 2.30. The summed E-state index contributed by atoms with van der Waals surface area (Å²) in [5.41, 5.74) is 13.7. The van der Waals surface area contributed by atoms with Crippen LogP contribution in [0.3, 0.4) is 0 Å². The van der Waals surface area contributed by atoms with E-state index >= 15 is 0 Å². The van der Waals surface area contributed by atoms with Crippen LogP contribution in [0.1, 0.15) is 63.5 Å². The lowest BCUT2D eigenvalue weighted by atomic mass is 9.99. The minimum Gasteiger partial charge on any atom is -0.480 e. The largest absolute Gasteiger partial charge is 0.480 e. The van der Waals surface area contributed by atoms with E-state index in [2.05, 4.69) is 16.0 Å². The topological polar surface area (TPSA) is 200 Å². The molecule has 0 spiro atoms. The predicted octanol–water partition coefficient (Wildman–Crippen LogP) is 1.19. The van der Waals surface area contributed by atoms with Crippen molar-refractivity contribution < 1.29 is 29.1 Å². The number of carboxylic acid groups (broad SMARTS) is 1. The summed E-state index contributed by atoms with van der Waals surface area (Å²) in [6.07, 6.45) is 4.08. The number of carbonyl (C=O) groups is 5. The molecular formula is C38H55N7O6. The van der Waals surface area contributed by atoms with Crippen LogP contribution in [0, 0.1) is 5.92 Å². The fourth-order valence-corrected chi connectivity index (χ4v) is 7.10. The Balaban J connectivity index is 1.48. The zero-order valence-corrected chi connectivity index (χ0v) is 29.8. The normalized spacial score (nSPS) is 19.5. The molecule has 13 nitrogen and oxygen atoms in total. The number of fused-ring (bicyclic) bond motifs is 2. The van der Waals surface area contributed by atoms with Crippen molar-refractivity contribution in [3.05, 3.63) is 71.8 Å². The van der Waals surface area contributed by atoms with Crippen molar-refractivity contribution in [2.75, 3.05) is 26.2 Å². The van der Waals surface area contributed by atoms with Gasteiger partial charge in [0.15, 0.2) is 0 Å². The van der Waals surface area contributed by atoms with E-state index in [0.717, 1.165) is 24.0 Å². The number of hydrogen-bond acceptors (Lipinski definition) is 8. The van der Waals surface area contributed by atoms with Crippen molar-refractivity contribution in [2.24, 2.45) is 17.4 Å². The number of amides is 4. The smallest absolute Gasteiger partial charge is 0.317 e. The number of carbonyl (C=O) groups excluding carboxylic acids is 4. The Hall–Kier alpha value is -4.33. The zero-order chi connectivity index (χ0) is 36.9. The van der Waals surface area contributed by atoms with Crippen molar-refractivity contribution in [2.45, 2.75) is 101 Å². The van der Waals surface area contributed by atoms with Crippen LogP contribution >= 0.6 is 0 Å². The quantitative estimate of drug-likeness (QED) is 0.116. The summed E-state index contributed by atoms with van der Waals surface area (Å²) in [7, 11) is 0. The Morgan fingerprint density at radius 1 is 0.765 bits per heavy atom. The van der Waals surface area contributed by atoms with Crippen molar-refractivity contribution in [3.63, 3.8) is 0 Å². The van der Waals surface area contributed by atoms with Crippen LogP contribution in [0.25, 0.3) is 0 Å². The average Bonchev–Trinajstić information content (AvgIpc) is 3.31. The highest BCUT2D eigenvalue weighted by Gasteiger charge is 2.43. The summed E-state index contributed by atoms with van der Waals surface area (Å²) in [5, 5.41) is 18.0.